The predicted octanol–water partition coefficient (Wildman–Crippen LogP) is 0.629. The van der Waals surface area contributed by atoms with Gasteiger partial charge in [0.05, 0.1) is 18.1 Å². The molecule has 1 aromatic heterocycles. The molecule has 1 unspecified atom stereocenters. The monoisotopic (exact) mass is 177 g/mol. The highest BCUT2D eigenvalue weighted by atomic mass is 16.2. The van der Waals surface area contributed by atoms with Gasteiger partial charge in [-0.05, 0) is 6.42 Å². The molecule has 13 heavy (non-hydrogen) atoms. The summed E-state index contributed by atoms with van der Waals surface area (Å²) in [5.41, 5.74) is 2.31. The molecule has 0 spiro atoms. The van der Waals surface area contributed by atoms with E-state index < -0.39 is 0 Å². The van der Waals surface area contributed by atoms with Gasteiger partial charge in [0.2, 0.25) is 5.91 Å². The number of carbonyl (C=O) groups excluding carboxylic acids is 1. The Labute approximate surface area is 76.0 Å². The molecule has 1 aromatic rings. The summed E-state index contributed by atoms with van der Waals surface area (Å²) in [7, 11) is 0. The van der Waals surface area contributed by atoms with E-state index in [0.717, 1.165) is 25.1 Å². The zero-order valence-corrected chi connectivity index (χ0v) is 7.29. The van der Waals surface area contributed by atoms with Gasteiger partial charge in [-0.15, -0.1) is 0 Å². The van der Waals surface area contributed by atoms with Crippen molar-refractivity contribution in [2.75, 3.05) is 6.54 Å². The lowest BCUT2D eigenvalue weighted by Crippen LogP contribution is -2.34. The first-order chi connectivity index (χ1) is 6.36. The molecule has 3 heterocycles. The molecular weight excluding hydrogens is 166 g/mol. The average molecular weight is 177 g/mol. The van der Waals surface area contributed by atoms with Crippen molar-refractivity contribution in [1.29, 1.82) is 0 Å². The van der Waals surface area contributed by atoms with E-state index in [1.807, 2.05) is 4.90 Å². The number of nitrogens with zero attached hydrogens (tertiary/aromatic N) is 2. The Balaban J connectivity index is 2.05. The highest BCUT2D eigenvalue weighted by molar-refractivity contribution is 5.79. The fraction of sp³-hybridized carbons (Fsp3) is 0.556. The van der Waals surface area contributed by atoms with Gasteiger partial charge in [-0.25, -0.2) is 4.98 Å². The molecular formula is C9H11N3O. The second kappa shape index (κ2) is 2.34. The van der Waals surface area contributed by atoms with E-state index >= 15 is 0 Å². The summed E-state index contributed by atoms with van der Waals surface area (Å²) in [5.74, 6) is 0.290. The number of hydrogen-bond donors (Lipinski definition) is 1. The normalized spacial score (nSPS) is 26.0. The van der Waals surface area contributed by atoms with Crippen LogP contribution in [0.2, 0.25) is 0 Å². The van der Waals surface area contributed by atoms with E-state index in [-0.39, 0.29) is 6.04 Å². The molecule has 4 heteroatoms. The SMILES string of the molecule is O=C1CCC2c3nc[nH]c3CCN12. The van der Waals surface area contributed by atoms with Crippen LogP contribution in [0.4, 0.5) is 0 Å². The molecule has 1 amide bonds. The van der Waals surface area contributed by atoms with Gasteiger partial charge in [0, 0.05) is 25.1 Å². The standard InChI is InChI=1S/C9H11N3O/c13-8-2-1-7-9-6(10-5-11-9)3-4-12(7)8/h5,7H,1-4H2,(H,10,11). The largest absolute Gasteiger partial charge is 0.348 e. The molecule has 0 bridgehead atoms. The number of rotatable bonds is 0. The molecule has 2 aliphatic rings. The fourth-order valence-electron chi connectivity index (χ4n) is 2.35. The van der Waals surface area contributed by atoms with Gasteiger partial charge in [0.1, 0.15) is 0 Å². The molecule has 3 rings (SSSR count). The van der Waals surface area contributed by atoms with Crippen molar-refractivity contribution in [3.63, 3.8) is 0 Å². The lowest BCUT2D eigenvalue weighted by atomic mass is 10.0. The molecule has 0 saturated carbocycles. The average Bonchev–Trinajstić information content (AvgIpc) is 2.70. The van der Waals surface area contributed by atoms with E-state index in [9.17, 15) is 4.79 Å². The number of fused-ring (bicyclic) bond motifs is 3. The van der Waals surface area contributed by atoms with Crippen LogP contribution in [-0.4, -0.2) is 27.3 Å². The molecule has 1 saturated heterocycles. The third-order valence-electron chi connectivity index (χ3n) is 3.00. The molecule has 0 radical (unpaired) electrons. The fourth-order valence-corrected chi connectivity index (χ4v) is 2.35. The first-order valence-electron chi connectivity index (χ1n) is 4.68. The van der Waals surface area contributed by atoms with Crippen molar-refractivity contribution in [2.45, 2.75) is 25.3 Å². The first kappa shape index (κ1) is 7.12. The van der Waals surface area contributed by atoms with E-state index in [2.05, 4.69) is 9.97 Å². The maximum atomic E-state index is 11.4. The Kier molecular flexibility index (Phi) is 1.28. The molecule has 0 aliphatic carbocycles. The Morgan fingerprint density at radius 3 is 3.38 bits per heavy atom. The minimum Gasteiger partial charge on any atom is -0.348 e. The summed E-state index contributed by atoms with van der Waals surface area (Å²) in [6, 6.07) is 0.266. The molecule has 68 valence electrons. The molecule has 1 fully saturated rings. The van der Waals surface area contributed by atoms with Crippen LogP contribution < -0.4 is 0 Å². The highest BCUT2D eigenvalue weighted by Gasteiger charge is 2.37. The number of carbonyl (C=O) groups is 1. The molecule has 1 N–H and O–H groups in total. The van der Waals surface area contributed by atoms with Gasteiger partial charge >= 0.3 is 0 Å². The van der Waals surface area contributed by atoms with Crippen molar-refractivity contribution < 1.29 is 4.79 Å². The minimum absolute atomic E-state index is 0.266. The number of imidazole rings is 1. The Bertz CT molecular complexity index is 357. The minimum atomic E-state index is 0.266. The zero-order valence-electron chi connectivity index (χ0n) is 7.29. The number of aromatic amines is 1. The molecule has 2 aliphatic heterocycles. The van der Waals surface area contributed by atoms with Crippen molar-refractivity contribution in [3.05, 3.63) is 17.7 Å². The first-order valence-corrected chi connectivity index (χ1v) is 4.68. The van der Waals surface area contributed by atoms with Crippen LogP contribution in [0.15, 0.2) is 6.33 Å². The predicted molar refractivity (Wildman–Crippen MR) is 46.0 cm³/mol. The van der Waals surface area contributed by atoms with Crippen LogP contribution in [0.25, 0.3) is 0 Å². The van der Waals surface area contributed by atoms with Gasteiger partial charge in [0.15, 0.2) is 0 Å². The summed E-state index contributed by atoms with van der Waals surface area (Å²) >= 11 is 0. The summed E-state index contributed by atoms with van der Waals surface area (Å²) in [5, 5.41) is 0. The van der Waals surface area contributed by atoms with Crippen LogP contribution in [0.1, 0.15) is 30.3 Å². The topological polar surface area (TPSA) is 49.0 Å². The number of aromatic nitrogens is 2. The van der Waals surface area contributed by atoms with Gasteiger partial charge in [-0.2, -0.15) is 0 Å². The Hall–Kier alpha value is -1.32. The molecule has 0 aromatic carbocycles. The van der Waals surface area contributed by atoms with Crippen molar-refractivity contribution >= 4 is 5.91 Å². The zero-order chi connectivity index (χ0) is 8.84. The van der Waals surface area contributed by atoms with Crippen molar-refractivity contribution in [3.8, 4) is 0 Å². The van der Waals surface area contributed by atoms with E-state index in [4.69, 9.17) is 0 Å². The quantitative estimate of drug-likeness (QED) is 0.631. The van der Waals surface area contributed by atoms with Crippen LogP contribution >= 0.6 is 0 Å². The maximum Gasteiger partial charge on any atom is 0.223 e. The van der Waals surface area contributed by atoms with E-state index in [1.54, 1.807) is 6.33 Å². The second-order valence-corrected chi connectivity index (χ2v) is 3.66. The third-order valence-corrected chi connectivity index (χ3v) is 3.00. The number of amides is 1. The van der Waals surface area contributed by atoms with Crippen molar-refractivity contribution in [1.82, 2.24) is 14.9 Å². The third kappa shape index (κ3) is 0.855. The van der Waals surface area contributed by atoms with Crippen LogP contribution in [0.5, 0.6) is 0 Å². The lowest BCUT2D eigenvalue weighted by Gasteiger charge is -2.28. The summed E-state index contributed by atoms with van der Waals surface area (Å²) in [4.78, 5) is 20.8. The van der Waals surface area contributed by atoms with Crippen molar-refractivity contribution in [2.24, 2.45) is 0 Å². The Morgan fingerprint density at radius 1 is 1.54 bits per heavy atom. The van der Waals surface area contributed by atoms with Gasteiger partial charge < -0.3 is 9.88 Å². The summed E-state index contributed by atoms with van der Waals surface area (Å²) < 4.78 is 0. The second-order valence-electron chi connectivity index (χ2n) is 3.66. The van der Waals surface area contributed by atoms with E-state index in [1.165, 1.54) is 5.69 Å². The number of hydrogen-bond acceptors (Lipinski definition) is 2. The maximum absolute atomic E-state index is 11.4. The number of nitrogens with one attached hydrogen (secondary N) is 1. The lowest BCUT2D eigenvalue weighted by molar-refractivity contribution is -0.129. The molecule has 1 atom stereocenters. The van der Waals surface area contributed by atoms with Crippen LogP contribution in [0.3, 0.4) is 0 Å². The van der Waals surface area contributed by atoms with Gasteiger partial charge in [0.25, 0.3) is 0 Å². The van der Waals surface area contributed by atoms with Gasteiger partial charge in [-0.3, -0.25) is 4.79 Å². The smallest absolute Gasteiger partial charge is 0.223 e. The summed E-state index contributed by atoms with van der Waals surface area (Å²) in [6.45, 7) is 0.860. The molecule has 4 nitrogen and oxygen atoms in total. The highest BCUT2D eigenvalue weighted by Crippen LogP contribution is 2.36. The Morgan fingerprint density at radius 2 is 2.46 bits per heavy atom. The van der Waals surface area contributed by atoms with Crippen LogP contribution in [-0.2, 0) is 11.2 Å². The van der Waals surface area contributed by atoms with E-state index in [0.29, 0.717) is 12.3 Å². The van der Waals surface area contributed by atoms with Crippen LogP contribution in [0, 0.1) is 0 Å². The number of H-pyrrole nitrogens is 1. The summed E-state index contributed by atoms with van der Waals surface area (Å²) in [6.07, 6.45) is 4.29. The van der Waals surface area contributed by atoms with Gasteiger partial charge in [-0.1, -0.05) is 0 Å².